The Bertz CT molecular complexity index is 419. The summed E-state index contributed by atoms with van der Waals surface area (Å²) >= 11 is 5.30. The molecule has 1 amide bonds. The van der Waals surface area contributed by atoms with Gasteiger partial charge in [-0.1, -0.05) is 6.92 Å². The maximum Gasteiger partial charge on any atom is 0.409 e. The number of nitrogens with zero attached hydrogens (tertiary/aromatic N) is 1. The molecule has 3 nitrogen and oxygen atoms in total. The van der Waals surface area contributed by atoms with E-state index < -0.39 is 0 Å². The molecule has 2 rings (SSSR count). The predicted octanol–water partition coefficient (Wildman–Crippen LogP) is 3.63. The number of hydrogen-bond donors (Lipinski definition) is 0. The van der Waals surface area contributed by atoms with Gasteiger partial charge < -0.3 is 9.64 Å². The van der Waals surface area contributed by atoms with Crippen molar-refractivity contribution in [2.75, 3.05) is 19.7 Å². The third-order valence-electron chi connectivity index (χ3n) is 2.97. The summed E-state index contributed by atoms with van der Waals surface area (Å²) in [7, 11) is 0. The topological polar surface area (TPSA) is 29.5 Å². The second-order valence-electron chi connectivity index (χ2n) is 4.23. The molecule has 1 aliphatic rings. The van der Waals surface area contributed by atoms with Crippen molar-refractivity contribution in [3.05, 3.63) is 20.3 Å². The Balaban J connectivity index is 2.12. The van der Waals surface area contributed by atoms with Crippen molar-refractivity contribution < 1.29 is 9.53 Å². The lowest BCUT2D eigenvalue weighted by Crippen LogP contribution is -2.34. The Morgan fingerprint density at radius 3 is 3.18 bits per heavy atom. The van der Waals surface area contributed by atoms with Crippen molar-refractivity contribution in [2.45, 2.75) is 26.2 Å². The van der Waals surface area contributed by atoms with E-state index in [-0.39, 0.29) is 6.09 Å². The summed E-state index contributed by atoms with van der Waals surface area (Å²) in [6, 6.07) is 2.18. The summed E-state index contributed by atoms with van der Waals surface area (Å²) in [6.07, 6.45) is 0.739. The lowest BCUT2D eigenvalue weighted by molar-refractivity contribution is 0.107. The highest BCUT2D eigenvalue weighted by Gasteiger charge is 2.25. The molecule has 0 saturated carbocycles. The van der Waals surface area contributed by atoms with Crippen LogP contribution in [0.15, 0.2) is 9.85 Å². The van der Waals surface area contributed by atoms with E-state index in [1.807, 2.05) is 11.8 Å². The van der Waals surface area contributed by atoms with E-state index in [0.717, 1.165) is 19.5 Å². The molecule has 0 radical (unpaired) electrons. The first-order valence-electron chi connectivity index (χ1n) is 5.81. The van der Waals surface area contributed by atoms with Crippen LogP contribution in [0.5, 0.6) is 0 Å². The minimum absolute atomic E-state index is 0.187. The van der Waals surface area contributed by atoms with Crippen LogP contribution in [-0.2, 0) is 11.2 Å². The van der Waals surface area contributed by atoms with Gasteiger partial charge in [-0.05, 0) is 46.8 Å². The van der Waals surface area contributed by atoms with Gasteiger partial charge in [0.05, 0.1) is 10.4 Å². The first-order chi connectivity index (χ1) is 8.11. The summed E-state index contributed by atoms with van der Waals surface area (Å²) in [5.74, 6) is 0.374. The fraction of sp³-hybridized carbons (Fsp3) is 0.583. The number of carbonyl (C=O) groups excluding carboxylic acids is 1. The zero-order valence-electron chi connectivity index (χ0n) is 10.0. The second-order valence-corrected chi connectivity index (χ2v) is 6.74. The van der Waals surface area contributed by atoms with Gasteiger partial charge in [0.2, 0.25) is 0 Å². The molecule has 2 heterocycles. The molecule has 1 aromatic heterocycles. The highest BCUT2D eigenvalue weighted by molar-refractivity contribution is 9.11. The molecule has 0 aliphatic carbocycles. The summed E-state index contributed by atoms with van der Waals surface area (Å²) in [5.41, 5.74) is 1.37. The molecule has 0 bridgehead atoms. The van der Waals surface area contributed by atoms with Crippen LogP contribution in [-0.4, -0.2) is 30.7 Å². The molecule has 5 heteroatoms. The lowest BCUT2D eigenvalue weighted by atomic mass is 10.0. The van der Waals surface area contributed by atoms with Gasteiger partial charge in [-0.3, -0.25) is 0 Å². The number of ether oxygens (including phenoxy) is 1. The molecule has 0 saturated heterocycles. The number of carbonyl (C=O) groups is 1. The molecular weight excluding hydrogens is 302 g/mol. The maximum atomic E-state index is 11.7. The van der Waals surface area contributed by atoms with E-state index in [4.69, 9.17) is 4.74 Å². The molecule has 0 fully saturated rings. The Kier molecular flexibility index (Phi) is 4.09. The Morgan fingerprint density at radius 2 is 2.47 bits per heavy atom. The van der Waals surface area contributed by atoms with Crippen LogP contribution in [0.3, 0.4) is 0 Å². The summed E-state index contributed by atoms with van der Waals surface area (Å²) in [6.45, 7) is 5.94. The summed E-state index contributed by atoms with van der Waals surface area (Å²) in [4.78, 5) is 14.9. The highest BCUT2D eigenvalue weighted by Crippen LogP contribution is 2.34. The van der Waals surface area contributed by atoms with Crippen molar-refractivity contribution in [1.82, 2.24) is 4.90 Å². The number of thiophene rings is 1. The zero-order chi connectivity index (χ0) is 12.4. The molecule has 1 aliphatic heterocycles. The Morgan fingerprint density at radius 1 is 1.71 bits per heavy atom. The molecule has 0 N–H and O–H groups in total. The average Bonchev–Trinajstić information content (AvgIpc) is 2.59. The van der Waals surface area contributed by atoms with Gasteiger partial charge >= 0.3 is 6.09 Å². The average molecular weight is 318 g/mol. The van der Waals surface area contributed by atoms with Crippen molar-refractivity contribution >= 4 is 33.4 Å². The van der Waals surface area contributed by atoms with Gasteiger partial charge in [0, 0.05) is 18.0 Å². The van der Waals surface area contributed by atoms with Crippen LogP contribution in [0.1, 0.15) is 30.2 Å². The third kappa shape index (κ3) is 2.83. The monoisotopic (exact) mass is 317 g/mol. The number of amides is 1. The van der Waals surface area contributed by atoms with Crippen molar-refractivity contribution in [3.8, 4) is 0 Å². The lowest BCUT2D eigenvalue weighted by Gasteiger charge is -2.21. The smallest absolute Gasteiger partial charge is 0.409 e. The number of halogens is 1. The van der Waals surface area contributed by atoms with Crippen LogP contribution < -0.4 is 0 Å². The molecule has 17 heavy (non-hydrogen) atoms. The Labute approximate surface area is 114 Å². The van der Waals surface area contributed by atoms with Gasteiger partial charge in [0.1, 0.15) is 0 Å². The largest absolute Gasteiger partial charge is 0.450 e. The van der Waals surface area contributed by atoms with Crippen LogP contribution in [0, 0.1) is 0 Å². The standard InChI is InChI=1S/C12H16BrNO2S/c1-3-16-12(15)14-5-4-10-9(8(2)7-14)6-11(13)17-10/h6,8H,3-5,7H2,1-2H3. The maximum absolute atomic E-state index is 11.7. The first kappa shape index (κ1) is 12.9. The van der Waals surface area contributed by atoms with Crippen LogP contribution >= 0.6 is 27.3 Å². The number of rotatable bonds is 1. The van der Waals surface area contributed by atoms with Crippen molar-refractivity contribution in [1.29, 1.82) is 0 Å². The molecule has 0 spiro atoms. The summed E-state index contributed by atoms with van der Waals surface area (Å²) in [5, 5.41) is 0. The first-order valence-corrected chi connectivity index (χ1v) is 7.42. The highest BCUT2D eigenvalue weighted by atomic mass is 79.9. The van der Waals surface area contributed by atoms with E-state index in [9.17, 15) is 4.79 Å². The fourth-order valence-corrected chi connectivity index (χ4v) is 3.98. The number of hydrogen-bond acceptors (Lipinski definition) is 3. The van der Waals surface area contributed by atoms with Gasteiger partial charge in [-0.25, -0.2) is 4.79 Å². The van der Waals surface area contributed by atoms with Crippen molar-refractivity contribution in [3.63, 3.8) is 0 Å². The van der Waals surface area contributed by atoms with E-state index in [1.54, 1.807) is 11.3 Å². The minimum atomic E-state index is -0.187. The van der Waals surface area contributed by atoms with Crippen LogP contribution in [0.4, 0.5) is 4.79 Å². The van der Waals surface area contributed by atoms with E-state index in [1.165, 1.54) is 14.2 Å². The third-order valence-corrected chi connectivity index (χ3v) is 4.69. The van der Waals surface area contributed by atoms with E-state index in [2.05, 4.69) is 28.9 Å². The second kappa shape index (κ2) is 5.40. The van der Waals surface area contributed by atoms with Gasteiger partial charge in [0.15, 0.2) is 0 Å². The quantitative estimate of drug-likeness (QED) is 0.791. The Hall–Kier alpha value is -0.550. The van der Waals surface area contributed by atoms with E-state index >= 15 is 0 Å². The molecular formula is C12H16BrNO2S. The normalized spacial score (nSPS) is 19.7. The van der Waals surface area contributed by atoms with Gasteiger partial charge in [-0.15, -0.1) is 11.3 Å². The molecule has 1 atom stereocenters. The summed E-state index contributed by atoms with van der Waals surface area (Å²) < 4.78 is 6.25. The van der Waals surface area contributed by atoms with Crippen LogP contribution in [0.2, 0.25) is 0 Å². The molecule has 0 aromatic carbocycles. The molecule has 1 aromatic rings. The molecule has 1 unspecified atom stereocenters. The van der Waals surface area contributed by atoms with Crippen molar-refractivity contribution in [2.24, 2.45) is 0 Å². The van der Waals surface area contributed by atoms with Gasteiger partial charge in [0.25, 0.3) is 0 Å². The SMILES string of the molecule is CCOC(=O)N1CCc2sc(Br)cc2C(C)C1. The molecule has 94 valence electrons. The number of fused-ring (bicyclic) bond motifs is 1. The fourth-order valence-electron chi connectivity index (χ4n) is 2.16. The zero-order valence-corrected chi connectivity index (χ0v) is 12.4. The van der Waals surface area contributed by atoms with E-state index in [0.29, 0.717) is 12.5 Å². The van der Waals surface area contributed by atoms with Crippen LogP contribution in [0.25, 0.3) is 0 Å². The minimum Gasteiger partial charge on any atom is -0.450 e. The predicted molar refractivity (Wildman–Crippen MR) is 72.7 cm³/mol. The van der Waals surface area contributed by atoms with Gasteiger partial charge in [-0.2, -0.15) is 0 Å².